The number of hydrogen-bond acceptors (Lipinski definition) is 3. The predicted molar refractivity (Wildman–Crippen MR) is 115 cm³/mol. The highest BCUT2D eigenvalue weighted by molar-refractivity contribution is 6.30. The zero-order chi connectivity index (χ0) is 20.0. The lowest BCUT2D eigenvalue weighted by atomic mass is 10.0. The summed E-state index contributed by atoms with van der Waals surface area (Å²) in [6, 6.07) is 13.7. The number of benzene rings is 2. The standard InChI is InChI=1S/C22H21ClN4O/c1-13-8-17(12-26(3)22(13)28)16-9-19(24)21-20(10-16)27(14(2)25-21)11-15-4-6-18(23)7-5-15/h4-10,12H,11,24H2,1-3H3. The average molecular weight is 393 g/mol. The van der Waals surface area contributed by atoms with Gasteiger partial charge < -0.3 is 14.9 Å². The normalized spacial score (nSPS) is 11.3. The molecule has 0 bridgehead atoms. The maximum Gasteiger partial charge on any atom is 0.253 e. The van der Waals surface area contributed by atoms with Crippen LogP contribution in [0, 0.1) is 13.8 Å². The van der Waals surface area contributed by atoms with Crippen LogP contribution < -0.4 is 11.3 Å². The number of aromatic nitrogens is 3. The summed E-state index contributed by atoms with van der Waals surface area (Å²) in [7, 11) is 1.76. The van der Waals surface area contributed by atoms with Gasteiger partial charge in [-0.15, -0.1) is 0 Å². The topological polar surface area (TPSA) is 65.8 Å². The molecular formula is C22H21ClN4O. The van der Waals surface area contributed by atoms with Crippen LogP contribution in [0.4, 0.5) is 5.69 Å². The van der Waals surface area contributed by atoms with Crippen LogP contribution in [0.3, 0.4) is 0 Å². The van der Waals surface area contributed by atoms with E-state index in [-0.39, 0.29) is 5.56 Å². The molecule has 0 unspecified atom stereocenters. The van der Waals surface area contributed by atoms with Crippen molar-refractivity contribution in [1.29, 1.82) is 0 Å². The van der Waals surface area contributed by atoms with Gasteiger partial charge in [-0.3, -0.25) is 4.79 Å². The zero-order valence-electron chi connectivity index (χ0n) is 16.0. The van der Waals surface area contributed by atoms with E-state index in [2.05, 4.69) is 15.6 Å². The van der Waals surface area contributed by atoms with E-state index in [0.717, 1.165) is 33.5 Å². The number of rotatable bonds is 3. The van der Waals surface area contributed by atoms with E-state index >= 15 is 0 Å². The number of nitrogen functional groups attached to an aromatic ring is 1. The Morgan fingerprint density at radius 3 is 2.46 bits per heavy atom. The van der Waals surface area contributed by atoms with Crippen molar-refractivity contribution in [2.24, 2.45) is 7.05 Å². The Balaban J connectivity index is 1.87. The van der Waals surface area contributed by atoms with Crippen molar-refractivity contribution < 1.29 is 0 Å². The Hall–Kier alpha value is -3.05. The van der Waals surface area contributed by atoms with Gasteiger partial charge in [-0.1, -0.05) is 23.7 Å². The third-order valence-corrected chi connectivity index (χ3v) is 5.28. The Morgan fingerprint density at radius 1 is 1.07 bits per heavy atom. The Kier molecular flexibility index (Phi) is 4.47. The molecule has 0 aliphatic heterocycles. The third kappa shape index (κ3) is 3.18. The summed E-state index contributed by atoms with van der Waals surface area (Å²) >= 11 is 6.01. The first-order chi connectivity index (χ1) is 13.3. The first-order valence-corrected chi connectivity index (χ1v) is 9.40. The second-order valence-electron chi connectivity index (χ2n) is 7.13. The molecule has 4 rings (SSSR count). The van der Waals surface area contributed by atoms with Crippen molar-refractivity contribution in [1.82, 2.24) is 14.1 Å². The molecule has 0 saturated carbocycles. The van der Waals surface area contributed by atoms with Crippen molar-refractivity contribution in [2.75, 3.05) is 5.73 Å². The predicted octanol–water partition coefficient (Wildman–Crippen LogP) is 4.30. The van der Waals surface area contributed by atoms with Gasteiger partial charge in [0.1, 0.15) is 11.3 Å². The highest BCUT2D eigenvalue weighted by Crippen LogP contribution is 2.30. The van der Waals surface area contributed by atoms with Crippen molar-refractivity contribution in [3.05, 3.63) is 81.0 Å². The van der Waals surface area contributed by atoms with Gasteiger partial charge >= 0.3 is 0 Å². The number of hydrogen-bond donors (Lipinski definition) is 1. The number of fused-ring (bicyclic) bond motifs is 1. The van der Waals surface area contributed by atoms with E-state index in [4.69, 9.17) is 17.3 Å². The Labute approximate surface area is 168 Å². The summed E-state index contributed by atoms with van der Waals surface area (Å²) in [5.41, 5.74) is 12.5. The monoisotopic (exact) mass is 392 g/mol. The van der Waals surface area contributed by atoms with Crippen molar-refractivity contribution >= 4 is 28.3 Å². The van der Waals surface area contributed by atoms with Gasteiger partial charge in [-0.05, 0) is 60.9 Å². The minimum absolute atomic E-state index is 0.00132. The molecule has 6 heteroatoms. The Bertz CT molecular complexity index is 1230. The second kappa shape index (κ2) is 6.84. The molecule has 0 fully saturated rings. The van der Waals surface area contributed by atoms with Gasteiger partial charge in [-0.2, -0.15) is 0 Å². The molecule has 142 valence electrons. The van der Waals surface area contributed by atoms with E-state index in [1.165, 1.54) is 0 Å². The fourth-order valence-corrected chi connectivity index (χ4v) is 3.67. The van der Waals surface area contributed by atoms with Crippen LogP contribution in [0.2, 0.25) is 5.02 Å². The number of pyridine rings is 1. The van der Waals surface area contributed by atoms with Crippen LogP contribution in [0.15, 0.2) is 53.5 Å². The molecule has 5 nitrogen and oxygen atoms in total. The lowest BCUT2D eigenvalue weighted by molar-refractivity contribution is 0.786. The lowest BCUT2D eigenvalue weighted by Gasteiger charge is -2.11. The van der Waals surface area contributed by atoms with Gasteiger partial charge in [0.05, 0.1) is 11.2 Å². The molecule has 0 atom stereocenters. The number of imidazole rings is 1. The molecule has 2 heterocycles. The summed E-state index contributed by atoms with van der Waals surface area (Å²) in [4.78, 5) is 16.7. The van der Waals surface area contributed by atoms with Gasteiger partial charge in [0.15, 0.2) is 0 Å². The van der Waals surface area contributed by atoms with E-state index in [9.17, 15) is 4.79 Å². The van der Waals surface area contributed by atoms with E-state index in [0.29, 0.717) is 22.8 Å². The Morgan fingerprint density at radius 2 is 1.79 bits per heavy atom. The van der Waals surface area contributed by atoms with Gasteiger partial charge in [0, 0.05) is 30.4 Å². The van der Waals surface area contributed by atoms with E-state index in [1.54, 1.807) is 11.6 Å². The first kappa shape index (κ1) is 18.3. The number of halogens is 1. The van der Waals surface area contributed by atoms with E-state index < -0.39 is 0 Å². The van der Waals surface area contributed by atoms with Crippen molar-refractivity contribution in [2.45, 2.75) is 20.4 Å². The summed E-state index contributed by atoms with van der Waals surface area (Å²) in [5.74, 6) is 0.894. The summed E-state index contributed by atoms with van der Waals surface area (Å²) < 4.78 is 3.74. The maximum absolute atomic E-state index is 12.0. The minimum Gasteiger partial charge on any atom is -0.397 e. The molecule has 0 radical (unpaired) electrons. The largest absolute Gasteiger partial charge is 0.397 e. The SMILES string of the molecule is Cc1cc(-c2cc(N)c3nc(C)n(Cc4ccc(Cl)cc4)c3c2)cn(C)c1=O. The lowest BCUT2D eigenvalue weighted by Crippen LogP contribution is -2.18. The molecule has 4 aromatic rings. The van der Waals surface area contributed by atoms with Gasteiger partial charge in [-0.25, -0.2) is 4.98 Å². The molecule has 2 aromatic carbocycles. The molecule has 0 amide bonds. The summed E-state index contributed by atoms with van der Waals surface area (Å²) in [6.07, 6.45) is 1.84. The molecule has 0 aliphatic rings. The van der Waals surface area contributed by atoms with Crippen LogP contribution >= 0.6 is 11.6 Å². The number of nitrogens with zero attached hydrogens (tertiary/aromatic N) is 3. The maximum atomic E-state index is 12.0. The van der Waals surface area contributed by atoms with Crippen LogP contribution in [-0.4, -0.2) is 14.1 Å². The van der Waals surface area contributed by atoms with Gasteiger partial charge in [0.2, 0.25) is 0 Å². The number of anilines is 1. The fraction of sp³-hybridized carbons (Fsp3) is 0.182. The van der Waals surface area contributed by atoms with Crippen molar-refractivity contribution in [3.8, 4) is 11.1 Å². The number of aryl methyl sites for hydroxylation is 3. The summed E-state index contributed by atoms with van der Waals surface area (Å²) in [5, 5.41) is 0.715. The van der Waals surface area contributed by atoms with Crippen LogP contribution in [0.5, 0.6) is 0 Å². The van der Waals surface area contributed by atoms with Crippen LogP contribution in [0.25, 0.3) is 22.2 Å². The van der Waals surface area contributed by atoms with Crippen LogP contribution in [0.1, 0.15) is 17.0 Å². The van der Waals surface area contributed by atoms with Gasteiger partial charge in [0.25, 0.3) is 5.56 Å². The fourth-order valence-electron chi connectivity index (χ4n) is 3.54. The van der Waals surface area contributed by atoms with E-state index in [1.807, 2.05) is 56.4 Å². The third-order valence-electron chi connectivity index (χ3n) is 5.02. The number of nitrogens with two attached hydrogens (primary N) is 1. The highest BCUT2D eigenvalue weighted by atomic mass is 35.5. The second-order valence-corrected chi connectivity index (χ2v) is 7.57. The highest BCUT2D eigenvalue weighted by Gasteiger charge is 2.14. The average Bonchev–Trinajstić information content (AvgIpc) is 2.97. The van der Waals surface area contributed by atoms with Crippen LogP contribution in [-0.2, 0) is 13.6 Å². The minimum atomic E-state index is 0.00132. The molecular weight excluding hydrogens is 372 g/mol. The molecule has 0 saturated heterocycles. The molecule has 28 heavy (non-hydrogen) atoms. The molecule has 0 spiro atoms. The smallest absolute Gasteiger partial charge is 0.253 e. The van der Waals surface area contributed by atoms with Crippen molar-refractivity contribution in [3.63, 3.8) is 0 Å². The first-order valence-electron chi connectivity index (χ1n) is 9.02. The zero-order valence-corrected chi connectivity index (χ0v) is 16.8. The molecule has 2 N–H and O–H groups in total. The molecule has 0 aliphatic carbocycles. The quantitative estimate of drug-likeness (QED) is 0.528. The molecule has 2 aromatic heterocycles. The summed E-state index contributed by atoms with van der Waals surface area (Å²) in [6.45, 7) is 4.47.